The number of hydrogen-bond donors (Lipinski definition) is 2. The Hall–Kier alpha value is -0.730. The van der Waals surface area contributed by atoms with Crippen molar-refractivity contribution < 1.29 is 71.6 Å². The lowest BCUT2D eigenvalue weighted by Crippen LogP contribution is -2.53. The molecule has 0 bridgehead atoms. The van der Waals surface area contributed by atoms with Crippen LogP contribution in [0.5, 0.6) is 0 Å². The molecule has 17 heteroatoms. The van der Waals surface area contributed by atoms with E-state index in [-0.39, 0.29) is 0 Å². The molecule has 25 heavy (non-hydrogen) atoms. The van der Waals surface area contributed by atoms with Crippen molar-refractivity contribution in [3.05, 3.63) is 0 Å². The van der Waals surface area contributed by atoms with E-state index in [2.05, 4.69) is 4.52 Å². The Kier molecular flexibility index (Phi) is 6.91. The Bertz CT molecular complexity index is 425. The van der Waals surface area contributed by atoms with Crippen molar-refractivity contribution in [3.63, 3.8) is 0 Å². The Balaban J connectivity index is 6.35. The van der Waals surface area contributed by atoms with Crippen LogP contribution in [0.3, 0.4) is 0 Å². The molecule has 152 valence electrons. The summed E-state index contributed by atoms with van der Waals surface area (Å²) in [5.74, 6) is -14.9. The lowest BCUT2D eigenvalue weighted by molar-refractivity contribution is -0.350. The molecular formula is C8H7F12O4P. The lowest BCUT2D eigenvalue weighted by atomic mass is 9.80. The molecule has 0 saturated heterocycles. The van der Waals surface area contributed by atoms with Crippen LogP contribution in [0.4, 0.5) is 52.7 Å². The molecule has 0 radical (unpaired) electrons. The van der Waals surface area contributed by atoms with Crippen molar-refractivity contribution in [2.45, 2.75) is 24.7 Å². The molecule has 0 spiro atoms. The van der Waals surface area contributed by atoms with E-state index >= 15 is 0 Å². The fourth-order valence-corrected chi connectivity index (χ4v) is 2.28. The quantitative estimate of drug-likeness (QED) is 0.511. The molecule has 0 aliphatic carbocycles. The summed E-state index contributed by atoms with van der Waals surface area (Å²) in [6.07, 6.45) is -26.6. The first-order chi connectivity index (χ1) is 10.6. The fraction of sp³-hybridized carbons (Fsp3) is 1.00. The summed E-state index contributed by atoms with van der Waals surface area (Å²) in [7, 11) is -5.98. The van der Waals surface area contributed by atoms with E-state index in [0.717, 1.165) is 0 Å². The van der Waals surface area contributed by atoms with E-state index in [4.69, 9.17) is 9.79 Å². The van der Waals surface area contributed by atoms with E-state index < -0.39 is 56.9 Å². The van der Waals surface area contributed by atoms with Crippen LogP contribution < -0.4 is 0 Å². The van der Waals surface area contributed by atoms with Crippen LogP contribution >= 0.6 is 7.82 Å². The molecule has 0 heterocycles. The molecular weight excluding hydrogens is 419 g/mol. The van der Waals surface area contributed by atoms with Gasteiger partial charge in [0.05, 0.1) is 6.61 Å². The Morgan fingerprint density at radius 1 is 0.680 bits per heavy atom. The average Bonchev–Trinajstić information content (AvgIpc) is 2.15. The maximum Gasteiger partial charge on any atom is 0.469 e. The van der Waals surface area contributed by atoms with Crippen LogP contribution in [-0.2, 0) is 9.09 Å². The molecule has 4 nitrogen and oxygen atoms in total. The third-order valence-corrected chi connectivity index (χ3v) is 3.19. The summed E-state index contributed by atoms with van der Waals surface area (Å²) in [5.41, 5.74) is 0. The van der Waals surface area contributed by atoms with Crippen molar-refractivity contribution in [1.82, 2.24) is 0 Å². The second-order valence-corrected chi connectivity index (χ2v) is 5.81. The average molecular weight is 426 g/mol. The molecule has 0 aromatic heterocycles. The van der Waals surface area contributed by atoms with Gasteiger partial charge >= 0.3 is 32.5 Å². The third-order valence-electron chi connectivity index (χ3n) is 2.70. The van der Waals surface area contributed by atoms with Gasteiger partial charge in [0.2, 0.25) is 0 Å². The van der Waals surface area contributed by atoms with Gasteiger partial charge in [-0.25, -0.2) is 4.57 Å². The van der Waals surface area contributed by atoms with Gasteiger partial charge in [-0.05, 0) is 0 Å². The third kappa shape index (κ3) is 7.58. The number of hydrogen-bond acceptors (Lipinski definition) is 2. The molecule has 2 N–H and O–H groups in total. The minimum absolute atomic E-state index is 2.81. The van der Waals surface area contributed by atoms with E-state index in [0.29, 0.717) is 0 Å². The predicted molar refractivity (Wildman–Crippen MR) is 52.7 cm³/mol. The first kappa shape index (κ1) is 24.3. The van der Waals surface area contributed by atoms with Gasteiger partial charge < -0.3 is 9.79 Å². The Morgan fingerprint density at radius 2 is 0.920 bits per heavy atom. The van der Waals surface area contributed by atoms with Crippen LogP contribution in [0.1, 0.15) is 0 Å². The zero-order valence-corrected chi connectivity index (χ0v) is 12.0. The molecule has 0 unspecified atom stereocenters. The van der Waals surface area contributed by atoms with E-state index in [1.165, 1.54) is 0 Å². The van der Waals surface area contributed by atoms with E-state index in [9.17, 15) is 57.3 Å². The van der Waals surface area contributed by atoms with Crippen molar-refractivity contribution >= 4 is 7.82 Å². The zero-order valence-electron chi connectivity index (χ0n) is 11.1. The van der Waals surface area contributed by atoms with Gasteiger partial charge in [0, 0.05) is 5.92 Å². The van der Waals surface area contributed by atoms with Gasteiger partial charge in [-0.2, -0.15) is 52.7 Å². The normalized spacial score (nSPS) is 15.6. The molecule has 0 aliphatic rings. The molecule has 0 aromatic carbocycles. The first-order valence-electron chi connectivity index (χ1n) is 5.55. The second-order valence-electron chi connectivity index (χ2n) is 4.57. The van der Waals surface area contributed by atoms with Gasteiger partial charge in [-0.1, -0.05) is 0 Å². The molecule has 0 atom stereocenters. The fourth-order valence-electron chi connectivity index (χ4n) is 1.91. The minimum atomic E-state index is -6.64. The summed E-state index contributed by atoms with van der Waals surface area (Å²) >= 11 is 0. The molecule has 0 saturated carbocycles. The number of phosphoric ester groups is 1. The van der Waals surface area contributed by atoms with Crippen LogP contribution in [0, 0.1) is 17.8 Å². The molecule has 0 aromatic rings. The minimum Gasteiger partial charge on any atom is -0.303 e. The molecule has 0 amide bonds. The van der Waals surface area contributed by atoms with Gasteiger partial charge in [0.15, 0.2) is 11.8 Å². The van der Waals surface area contributed by atoms with Gasteiger partial charge in [-0.3, -0.25) is 4.52 Å². The van der Waals surface area contributed by atoms with Crippen molar-refractivity contribution in [2.75, 3.05) is 6.61 Å². The van der Waals surface area contributed by atoms with E-state index in [1.807, 2.05) is 0 Å². The molecule has 0 rings (SSSR count). The molecule has 0 fully saturated rings. The molecule has 0 aliphatic heterocycles. The van der Waals surface area contributed by atoms with Crippen LogP contribution in [-0.4, -0.2) is 41.1 Å². The van der Waals surface area contributed by atoms with Gasteiger partial charge in [0.25, 0.3) is 0 Å². The van der Waals surface area contributed by atoms with Gasteiger partial charge in [0.1, 0.15) is 0 Å². The summed E-state index contributed by atoms with van der Waals surface area (Å²) in [6, 6.07) is 0. The Morgan fingerprint density at radius 3 is 1.08 bits per heavy atom. The summed E-state index contributed by atoms with van der Waals surface area (Å²) in [6.45, 7) is -2.81. The Labute approximate surface area is 130 Å². The highest BCUT2D eigenvalue weighted by Crippen LogP contribution is 2.54. The zero-order chi connectivity index (χ0) is 20.6. The van der Waals surface area contributed by atoms with Crippen LogP contribution in [0.2, 0.25) is 0 Å². The lowest BCUT2D eigenvalue weighted by Gasteiger charge is -2.37. The van der Waals surface area contributed by atoms with Crippen LogP contribution in [0.15, 0.2) is 0 Å². The topological polar surface area (TPSA) is 66.8 Å². The smallest absolute Gasteiger partial charge is 0.303 e. The highest BCUT2D eigenvalue weighted by atomic mass is 31.2. The maximum atomic E-state index is 12.5. The van der Waals surface area contributed by atoms with Crippen molar-refractivity contribution in [1.29, 1.82) is 0 Å². The highest BCUT2D eigenvalue weighted by Gasteiger charge is 2.70. The SMILES string of the molecule is O=P(O)(O)OCC(C(C(F)(F)F)C(F)(F)F)C(C(F)(F)F)C(F)(F)F. The number of halogens is 12. The maximum absolute atomic E-state index is 12.5. The second kappa shape index (κ2) is 7.12. The van der Waals surface area contributed by atoms with Crippen molar-refractivity contribution in [3.8, 4) is 0 Å². The number of rotatable bonds is 5. The predicted octanol–water partition coefficient (Wildman–Crippen LogP) is 4.19. The first-order valence-corrected chi connectivity index (χ1v) is 7.08. The standard InChI is InChI=1S/C8H7F12O4P/c9-5(10,11)3(6(12,13)14)2(1-24-25(21,22)23)4(7(15,16)17)8(18,19)20/h2-4H,1H2,(H2,21,22,23). The summed E-state index contributed by atoms with van der Waals surface area (Å²) in [5, 5.41) is 0. The summed E-state index contributed by atoms with van der Waals surface area (Å²) < 4.78 is 164. The monoisotopic (exact) mass is 426 g/mol. The van der Waals surface area contributed by atoms with Crippen LogP contribution in [0.25, 0.3) is 0 Å². The number of phosphoric acid groups is 1. The van der Waals surface area contributed by atoms with E-state index in [1.54, 1.807) is 0 Å². The van der Waals surface area contributed by atoms with Gasteiger partial charge in [-0.15, -0.1) is 0 Å². The largest absolute Gasteiger partial charge is 0.469 e. The number of alkyl halides is 12. The van der Waals surface area contributed by atoms with Crippen molar-refractivity contribution in [2.24, 2.45) is 17.8 Å². The summed E-state index contributed by atoms with van der Waals surface area (Å²) in [4.78, 5) is 16.4. The highest BCUT2D eigenvalue weighted by molar-refractivity contribution is 7.46.